The summed E-state index contributed by atoms with van der Waals surface area (Å²) in [5.74, 6) is 0.790. The molecule has 19 heavy (non-hydrogen) atoms. The summed E-state index contributed by atoms with van der Waals surface area (Å²) in [5.41, 5.74) is 4.15. The molecule has 5 heteroatoms. The molecular weight excluding hydrogens is 238 g/mol. The lowest BCUT2D eigenvalue weighted by Crippen LogP contribution is -2.04. The van der Waals surface area contributed by atoms with Crippen LogP contribution in [0, 0.1) is 13.8 Å². The fourth-order valence-electron chi connectivity index (χ4n) is 2.44. The van der Waals surface area contributed by atoms with Gasteiger partial charge in [0.2, 0.25) is 0 Å². The van der Waals surface area contributed by atoms with Gasteiger partial charge in [-0.2, -0.15) is 5.10 Å². The van der Waals surface area contributed by atoms with Gasteiger partial charge >= 0.3 is 0 Å². The van der Waals surface area contributed by atoms with Crippen LogP contribution in [0.15, 0.2) is 24.7 Å². The molecule has 0 amide bonds. The minimum Gasteiger partial charge on any atom is -0.236 e. The molecule has 0 unspecified atom stereocenters. The number of pyridine rings is 1. The van der Waals surface area contributed by atoms with E-state index in [1.165, 1.54) is 11.9 Å². The molecule has 0 aliphatic rings. The van der Waals surface area contributed by atoms with Crippen LogP contribution in [0.3, 0.4) is 0 Å². The zero-order valence-corrected chi connectivity index (χ0v) is 11.3. The summed E-state index contributed by atoms with van der Waals surface area (Å²) in [6.07, 6.45) is 4.24. The van der Waals surface area contributed by atoms with Gasteiger partial charge in [-0.05, 0) is 38.0 Å². The minimum absolute atomic E-state index is 0.693. The van der Waals surface area contributed by atoms with Gasteiger partial charge in [0.15, 0.2) is 11.5 Å². The molecule has 0 atom stereocenters. The van der Waals surface area contributed by atoms with E-state index in [2.05, 4.69) is 33.9 Å². The molecule has 3 heterocycles. The van der Waals surface area contributed by atoms with Crippen molar-refractivity contribution in [3.63, 3.8) is 0 Å². The third kappa shape index (κ3) is 1.78. The van der Waals surface area contributed by atoms with Crippen molar-refractivity contribution < 1.29 is 0 Å². The van der Waals surface area contributed by atoms with Crippen LogP contribution in [0.5, 0.6) is 0 Å². The van der Waals surface area contributed by atoms with Crippen molar-refractivity contribution in [3.8, 4) is 5.82 Å². The van der Waals surface area contributed by atoms with Gasteiger partial charge in [-0.15, -0.1) is 0 Å². The molecule has 0 aromatic carbocycles. The maximum absolute atomic E-state index is 4.60. The first-order valence-electron chi connectivity index (χ1n) is 6.33. The average molecular weight is 253 g/mol. The monoisotopic (exact) mass is 253 g/mol. The van der Waals surface area contributed by atoms with Crippen LogP contribution in [-0.4, -0.2) is 24.7 Å². The Balaban J connectivity index is 2.31. The number of aromatic nitrogens is 5. The van der Waals surface area contributed by atoms with Crippen LogP contribution >= 0.6 is 0 Å². The highest BCUT2D eigenvalue weighted by Gasteiger charge is 2.14. The number of hydrogen-bond acceptors (Lipinski definition) is 4. The van der Waals surface area contributed by atoms with Crippen molar-refractivity contribution in [1.82, 2.24) is 24.7 Å². The molecule has 96 valence electrons. The molecule has 0 aliphatic heterocycles. The number of rotatable bonds is 2. The predicted octanol–water partition coefficient (Wildman–Crippen LogP) is 2.39. The number of nitrogens with zero attached hydrogens (tertiary/aromatic N) is 5. The Hall–Kier alpha value is -2.30. The quantitative estimate of drug-likeness (QED) is 0.703. The topological polar surface area (TPSA) is 56.5 Å². The molecule has 3 aromatic heterocycles. The highest BCUT2D eigenvalue weighted by Crippen LogP contribution is 2.21. The molecule has 0 aliphatic carbocycles. The molecule has 0 fully saturated rings. The van der Waals surface area contributed by atoms with Crippen LogP contribution in [0.25, 0.3) is 16.9 Å². The Morgan fingerprint density at radius 3 is 2.74 bits per heavy atom. The summed E-state index contributed by atoms with van der Waals surface area (Å²) in [6, 6.07) is 3.86. The lowest BCUT2D eigenvalue weighted by Gasteiger charge is -2.06. The van der Waals surface area contributed by atoms with Gasteiger partial charge in [0.25, 0.3) is 0 Å². The molecule has 3 rings (SSSR count). The number of fused-ring (bicyclic) bond motifs is 1. The van der Waals surface area contributed by atoms with Crippen LogP contribution < -0.4 is 0 Å². The first-order valence-corrected chi connectivity index (χ1v) is 6.33. The standard InChI is InChI=1S/C14H15N5/c1-4-11-9(2)18-19(10(11)3)14-12-6-5-7-15-13(12)16-8-17-14/h5-8H,4H2,1-3H3. The van der Waals surface area contributed by atoms with E-state index in [0.29, 0.717) is 5.65 Å². The van der Waals surface area contributed by atoms with Crippen LogP contribution in [0.4, 0.5) is 0 Å². The molecule has 0 spiro atoms. The van der Waals surface area contributed by atoms with Crippen molar-refractivity contribution in [2.45, 2.75) is 27.2 Å². The van der Waals surface area contributed by atoms with E-state index in [1.807, 2.05) is 23.7 Å². The van der Waals surface area contributed by atoms with E-state index >= 15 is 0 Å². The van der Waals surface area contributed by atoms with Gasteiger partial charge < -0.3 is 0 Å². The average Bonchev–Trinajstić information content (AvgIpc) is 2.72. The fraction of sp³-hybridized carbons (Fsp3) is 0.286. The van der Waals surface area contributed by atoms with E-state index in [1.54, 1.807) is 6.20 Å². The van der Waals surface area contributed by atoms with Crippen molar-refractivity contribution in [3.05, 3.63) is 41.6 Å². The molecule has 3 aromatic rings. The van der Waals surface area contributed by atoms with Gasteiger partial charge in [-0.1, -0.05) is 6.92 Å². The third-order valence-electron chi connectivity index (χ3n) is 3.38. The summed E-state index contributed by atoms with van der Waals surface area (Å²) in [6.45, 7) is 6.24. The highest BCUT2D eigenvalue weighted by atomic mass is 15.3. The number of aryl methyl sites for hydroxylation is 1. The van der Waals surface area contributed by atoms with Gasteiger partial charge in [-0.25, -0.2) is 19.6 Å². The van der Waals surface area contributed by atoms with E-state index in [-0.39, 0.29) is 0 Å². The molecule has 0 saturated carbocycles. The largest absolute Gasteiger partial charge is 0.236 e. The summed E-state index contributed by atoms with van der Waals surface area (Å²) in [7, 11) is 0. The van der Waals surface area contributed by atoms with Gasteiger partial charge in [0.05, 0.1) is 11.1 Å². The molecule has 0 radical (unpaired) electrons. The summed E-state index contributed by atoms with van der Waals surface area (Å²) in [4.78, 5) is 12.8. The van der Waals surface area contributed by atoms with E-state index < -0.39 is 0 Å². The summed E-state index contributed by atoms with van der Waals surface area (Å²) in [5, 5.41) is 5.52. The van der Waals surface area contributed by atoms with E-state index in [9.17, 15) is 0 Å². The van der Waals surface area contributed by atoms with Crippen molar-refractivity contribution in [2.75, 3.05) is 0 Å². The van der Waals surface area contributed by atoms with Crippen molar-refractivity contribution in [1.29, 1.82) is 0 Å². The Morgan fingerprint density at radius 2 is 2.00 bits per heavy atom. The Morgan fingerprint density at radius 1 is 1.16 bits per heavy atom. The first-order chi connectivity index (χ1) is 9.22. The second-order valence-corrected chi connectivity index (χ2v) is 4.49. The van der Waals surface area contributed by atoms with Crippen molar-refractivity contribution >= 4 is 11.0 Å². The second-order valence-electron chi connectivity index (χ2n) is 4.49. The number of hydrogen-bond donors (Lipinski definition) is 0. The normalized spacial score (nSPS) is 11.1. The fourth-order valence-corrected chi connectivity index (χ4v) is 2.44. The third-order valence-corrected chi connectivity index (χ3v) is 3.38. The molecule has 5 nitrogen and oxygen atoms in total. The molecule has 0 saturated heterocycles. The smallest absolute Gasteiger partial charge is 0.166 e. The zero-order chi connectivity index (χ0) is 13.4. The first kappa shape index (κ1) is 11.8. The summed E-state index contributed by atoms with van der Waals surface area (Å²) < 4.78 is 1.89. The lowest BCUT2D eigenvalue weighted by atomic mass is 10.1. The SMILES string of the molecule is CCc1c(C)nn(-c2ncnc3ncccc23)c1C. The molecule has 0 bridgehead atoms. The minimum atomic E-state index is 0.693. The van der Waals surface area contributed by atoms with Gasteiger partial charge in [-0.3, -0.25) is 0 Å². The van der Waals surface area contributed by atoms with Crippen LogP contribution in [-0.2, 0) is 6.42 Å². The van der Waals surface area contributed by atoms with Crippen LogP contribution in [0.2, 0.25) is 0 Å². The maximum Gasteiger partial charge on any atom is 0.166 e. The van der Waals surface area contributed by atoms with Crippen molar-refractivity contribution in [2.24, 2.45) is 0 Å². The lowest BCUT2D eigenvalue weighted by molar-refractivity contribution is 0.808. The van der Waals surface area contributed by atoms with Gasteiger partial charge in [0.1, 0.15) is 6.33 Å². The second kappa shape index (κ2) is 4.42. The van der Waals surface area contributed by atoms with E-state index in [0.717, 1.165) is 29.0 Å². The Kier molecular flexibility index (Phi) is 2.74. The Bertz CT molecular complexity index is 739. The Labute approximate surface area is 111 Å². The maximum atomic E-state index is 4.60. The predicted molar refractivity (Wildman–Crippen MR) is 73.3 cm³/mol. The molecule has 0 N–H and O–H groups in total. The zero-order valence-electron chi connectivity index (χ0n) is 11.3. The summed E-state index contributed by atoms with van der Waals surface area (Å²) >= 11 is 0. The van der Waals surface area contributed by atoms with E-state index in [4.69, 9.17) is 0 Å². The van der Waals surface area contributed by atoms with Gasteiger partial charge in [0, 0.05) is 11.9 Å². The highest BCUT2D eigenvalue weighted by molar-refractivity contribution is 5.81. The molecular formula is C14H15N5. The van der Waals surface area contributed by atoms with Crippen LogP contribution in [0.1, 0.15) is 23.9 Å².